The second-order valence-electron chi connectivity index (χ2n) is 4.56. The number of ketones is 1. The summed E-state index contributed by atoms with van der Waals surface area (Å²) >= 11 is 5.50. The van der Waals surface area contributed by atoms with E-state index in [1.54, 1.807) is 31.3 Å². The lowest BCUT2D eigenvalue weighted by molar-refractivity contribution is 0.103. The average Bonchev–Trinajstić information content (AvgIpc) is 2.75. The molecule has 4 nitrogen and oxygen atoms in total. The highest BCUT2D eigenvalue weighted by atomic mass is 127. The lowest BCUT2D eigenvalue weighted by Gasteiger charge is -2.05. The third-order valence-corrected chi connectivity index (χ3v) is 4.66. The molecule has 0 aliphatic heterocycles. The van der Waals surface area contributed by atoms with Crippen LogP contribution in [0.3, 0.4) is 0 Å². The molecule has 0 amide bonds. The van der Waals surface area contributed by atoms with Crippen molar-refractivity contribution in [1.82, 2.24) is 4.57 Å². The maximum absolute atomic E-state index is 12.6. The number of carbonyl (C=O) groups is 1. The third-order valence-electron chi connectivity index (χ3n) is 3.23. The quantitative estimate of drug-likeness (QED) is 0.435. The predicted octanol–water partition coefficient (Wildman–Crippen LogP) is 3.73. The summed E-state index contributed by atoms with van der Waals surface area (Å²) in [5, 5.41) is 0. The minimum atomic E-state index is -0.438. The Labute approximate surface area is 142 Å². The first-order chi connectivity index (χ1) is 9.97. The second-order valence-corrected chi connectivity index (χ2v) is 6.64. The molecular formula is C15H9BrINO3. The van der Waals surface area contributed by atoms with Gasteiger partial charge in [-0.2, -0.15) is 0 Å². The highest BCUT2D eigenvalue weighted by Gasteiger charge is 2.15. The number of hydrogen-bond acceptors (Lipinski definition) is 3. The molecule has 21 heavy (non-hydrogen) atoms. The summed E-state index contributed by atoms with van der Waals surface area (Å²) in [5.74, 6) is -0.541. The van der Waals surface area contributed by atoms with Crippen LogP contribution in [0.5, 0.6) is 0 Å². The van der Waals surface area contributed by atoms with Crippen LogP contribution >= 0.6 is 38.5 Å². The number of rotatable bonds is 2. The molecule has 2 aromatic carbocycles. The monoisotopic (exact) mass is 457 g/mol. The number of halogens is 2. The van der Waals surface area contributed by atoms with Crippen molar-refractivity contribution in [2.75, 3.05) is 0 Å². The summed E-state index contributed by atoms with van der Waals surface area (Å²) in [6.45, 7) is 0. The largest absolute Gasteiger partial charge is 0.419 e. The molecule has 106 valence electrons. The maximum Gasteiger partial charge on any atom is 0.419 e. The zero-order valence-corrected chi connectivity index (χ0v) is 14.6. The fourth-order valence-corrected chi connectivity index (χ4v) is 3.04. The Morgan fingerprint density at radius 1 is 1.24 bits per heavy atom. The van der Waals surface area contributed by atoms with Crippen molar-refractivity contribution < 1.29 is 9.21 Å². The topological polar surface area (TPSA) is 52.2 Å². The van der Waals surface area contributed by atoms with E-state index >= 15 is 0 Å². The van der Waals surface area contributed by atoms with Crippen LogP contribution in [0.25, 0.3) is 11.1 Å². The standard InChI is InChI=1S/C15H9BrINO3/c1-18-12-5-2-8(6-13(12)21-15(18)20)14(19)10-7-9(16)3-4-11(10)17/h2-7H,1H3. The van der Waals surface area contributed by atoms with Gasteiger partial charge in [0.15, 0.2) is 11.4 Å². The summed E-state index contributed by atoms with van der Waals surface area (Å²) < 4.78 is 8.25. The maximum atomic E-state index is 12.6. The molecule has 0 bridgehead atoms. The van der Waals surface area contributed by atoms with Gasteiger partial charge < -0.3 is 4.42 Å². The van der Waals surface area contributed by atoms with E-state index in [1.807, 2.05) is 12.1 Å². The van der Waals surface area contributed by atoms with Gasteiger partial charge in [0, 0.05) is 26.2 Å². The van der Waals surface area contributed by atoms with Crippen LogP contribution in [0, 0.1) is 3.57 Å². The van der Waals surface area contributed by atoms with Gasteiger partial charge in [-0.25, -0.2) is 4.79 Å². The first kappa shape index (κ1) is 14.5. The Morgan fingerprint density at radius 3 is 2.76 bits per heavy atom. The first-order valence-electron chi connectivity index (χ1n) is 6.06. The fourth-order valence-electron chi connectivity index (χ4n) is 2.10. The molecule has 6 heteroatoms. The fraction of sp³-hybridized carbons (Fsp3) is 0.0667. The molecule has 0 radical (unpaired) electrons. The Bertz CT molecular complexity index is 926. The zero-order chi connectivity index (χ0) is 15.1. The van der Waals surface area contributed by atoms with Crippen molar-refractivity contribution in [2.24, 2.45) is 7.05 Å². The lowest BCUT2D eigenvalue weighted by Crippen LogP contribution is -2.08. The van der Waals surface area contributed by atoms with E-state index < -0.39 is 5.76 Å². The van der Waals surface area contributed by atoms with E-state index in [9.17, 15) is 9.59 Å². The van der Waals surface area contributed by atoms with Gasteiger partial charge in [0.1, 0.15) is 0 Å². The smallest absolute Gasteiger partial charge is 0.408 e. The number of hydrogen-bond donors (Lipinski definition) is 0. The van der Waals surface area contributed by atoms with E-state index in [2.05, 4.69) is 38.5 Å². The molecule has 3 rings (SSSR count). The van der Waals surface area contributed by atoms with Crippen molar-refractivity contribution in [3.8, 4) is 0 Å². The van der Waals surface area contributed by atoms with Gasteiger partial charge in [-0.05, 0) is 59.0 Å². The molecule has 0 aliphatic rings. The molecule has 1 aromatic heterocycles. The van der Waals surface area contributed by atoms with E-state index in [1.165, 1.54) is 4.57 Å². The minimum absolute atomic E-state index is 0.103. The van der Waals surface area contributed by atoms with E-state index in [-0.39, 0.29) is 5.78 Å². The van der Waals surface area contributed by atoms with Crippen molar-refractivity contribution in [1.29, 1.82) is 0 Å². The highest BCUT2D eigenvalue weighted by Crippen LogP contribution is 2.23. The number of carbonyl (C=O) groups excluding carboxylic acids is 1. The Balaban J connectivity index is 2.13. The SMILES string of the molecule is Cn1c(=O)oc2cc(C(=O)c3cc(Br)ccc3I)ccc21. The van der Waals surface area contributed by atoms with Crippen LogP contribution in [0.2, 0.25) is 0 Å². The van der Waals surface area contributed by atoms with Crippen LogP contribution in [-0.4, -0.2) is 10.4 Å². The third kappa shape index (κ3) is 2.57. The second kappa shape index (κ2) is 5.42. The number of nitrogens with zero attached hydrogens (tertiary/aromatic N) is 1. The summed E-state index contributed by atoms with van der Waals surface area (Å²) in [5.41, 5.74) is 2.19. The van der Waals surface area contributed by atoms with Gasteiger partial charge in [-0.15, -0.1) is 0 Å². The number of aryl methyl sites for hydroxylation is 1. The highest BCUT2D eigenvalue weighted by molar-refractivity contribution is 14.1. The minimum Gasteiger partial charge on any atom is -0.408 e. The van der Waals surface area contributed by atoms with E-state index in [4.69, 9.17) is 4.42 Å². The molecule has 0 atom stereocenters. The number of fused-ring (bicyclic) bond motifs is 1. The molecule has 0 spiro atoms. The van der Waals surface area contributed by atoms with E-state index in [0.29, 0.717) is 22.2 Å². The van der Waals surface area contributed by atoms with Crippen molar-refractivity contribution in [3.63, 3.8) is 0 Å². The first-order valence-corrected chi connectivity index (χ1v) is 7.94. The number of oxazole rings is 1. The van der Waals surface area contributed by atoms with Crippen LogP contribution in [-0.2, 0) is 7.05 Å². The van der Waals surface area contributed by atoms with Gasteiger partial charge in [0.05, 0.1) is 5.52 Å². The number of benzene rings is 2. The van der Waals surface area contributed by atoms with Crippen molar-refractivity contribution in [3.05, 3.63) is 66.1 Å². The molecule has 1 heterocycles. The van der Waals surface area contributed by atoms with Gasteiger partial charge >= 0.3 is 5.76 Å². The molecule has 0 aliphatic carbocycles. The van der Waals surface area contributed by atoms with Crippen LogP contribution < -0.4 is 5.76 Å². The van der Waals surface area contributed by atoms with Crippen LogP contribution in [0.4, 0.5) is 0 Å². The Kier molecular flexibility index (Phi) is 3.75. The molecule has 0 fully saturated rings. The van der Waals surface area contributed by atoms with Gasteiger partial charge in [0.25, 0.3) is 0 Å². The van der Waals surface area contributed by atoms with E-state index in [0.717, 1.165) is 8.04 Å². The zero-order valence-electron chi connectivity index (χ0n) is 10.9. The normalized spacial score (nSPS) is 11.0. The summed E-state index contributed by atoms with van der Waals surface area (Å²) in [6, 6.07) is 10.6. The van der Waals surface area contributed by atoms with Crippen molar-refractivity contribution in [2.45, 2.75) is 0 Å². The Hall–Kier alpha value is -1.41. The molecule has 3 aromatic rings. The van der Waals surface area contributed by atoms with Gasteiger partial charge in [-0.3, -0.25) is 9.36 Å². The summed E-state index contributed by atoms with van der Waals surface area (Å²) in [6.07, 6.45) is 0. The lowest BCUT2D eigenvalue weighted by atomic mass is 10.0. The van der Waals surface area contributed by atoms with Gasteiger partial charge in [-0.1, -0.05) is 15.9 Å². The van der Waals surface area contributed by atoms with Crippen molar-refractivity contribution >= 4 is 55.4 Å². The summed E-state index contributed by atoms with van der Waals surface area (Å²) in [7, 11) is 1.63. The molecule has 0 saturated carbocycles. The summed E-state index contributed by atoms with van der Waals surface area (Å²) in [4.78, 5) is 24.1. The molecule has 0 saturated heterocycles. The predicted molar refractivity (Wildman–Crippen MR) is 91.7 cm³/mol. The molecule has 0 unspecified atom stereocenters. The molecular weight excluding hydrogens is 449 g/mol. The van der Waals surface area contributed by atoms with Gasteiger partial charge in [0.2, 0.25) is 0 Å². The molecule has 0 N–H and O–H groups in total. The van der Waals surface area contributed by atoms with Crippen LogP contribution in [0.1, 0.15) is 15.9 Å². The average molecular weight is 458 g/mol. The Morgan fingerprint density at radius 2 is 2.00 bits per heavy atom. The number of aromatic nitrogens is 1. The van der Waals surface area contributed by atoms with Crippen LogP contribution in [0.15, 0.2) is 50.1 Å².